The van der Waals surface area contributed by atoms with E-state index < -0.39 is 6.10 Å². The number of nitrogens with zero attached hydrogens (tertiary/aromatic N) is 5. The Morgan fingerprint density at radius 2 is 2.17 bits per heavy atom. The van der Waals surface area contributed by atoms with Gasteiger partial charge in [-0.2, -0.15) is 9.61 Å². The Balaban J connectivity index is 1.47. The molecule has 2 unspecified atom stereocenters. The van der Waals surface area contributed by atoms with Crippen molar-refractivity contribution in [1.82, 2.24) is 29.5 Å². The van der Waals surface area contributed by atoms with Crippen LogP contribution in [0.15, 0.2) is 36.8 Å². The molecule has 0 spiro atoms. The molecular weight excluding hydrogens is 462 g/mol. The Labute approximate surface area is 207 Å². The lowest BCUT2D eigenvalue weighted by molar-refractivity contribution is -0.0592. The predicted octanol–water partition coefficient (Wildman–Crippen LogP) is 2.02. The number of amides is 1. The number of methoxy groups -OCH3 is 1. The van der Waals surface area contributed by atoms with Crippen molar-refractivity contribution in [3.05, 3.63) is 42.4 Å². The summed E-state index contributed by atoms with van der Waals surface area (Å²) in [5.41, 5.74) is 3.25. The monoisotopic (exact) mass is 491 g/mol. The zero-order valence-electron chi connectivity index (χ0n) is 20.2. The number of rotatable bonds is 6. The maximum atomic E-state index is 13.0. The zero-order valence-corrected chi connectivity index (χ0v) is 20.2. The summed E-state index contributed by atoms with van der Waals surface area (Å²) in [6, 6.07) is 5.70. The second-order valence-electron chi connectivity index (χ2n) is 9.32. The third-order valence-electron chi connectivity index (χ3n) is 7.32. The van der Waals surface area contributed by atoms with Crippen molar-refractivity contribution in [3.63, 3.8) is 0 Å². The second-order valence-corrected chi connectivity index (χ2v) is 9.32. The molecule has 1 aliphatic carbocycles. The molecule has 11 heteroatoms. The first kappa shape index (κ1) is 22.9. The predicted molar refractivity (Wildman–Crippen MR) is 133 cm³/mol. The van der Waals surface area contributed by atoms with Gasteiger partial charge in [-0.1, -0.05) is 0 Å². The lowest BCUT2D eigenvalue weighted by Crippen LogP contribution is -2.50. The number of aliphatic hydroxyl groups excluding tert-OH is 1. The van der Waals surface area contributed by atoms with Gasteiger partial charge in [0.2, 0.25) is 0 Å². The van der Waals surface area contributed by atoms with Crippen molar-refractivity contribution in [2.75, 3.05) is 32.7 Å². The number of ether oxygens (including phenoxy) is 2. The van der Waals surface area contributed by atoms with Crippen molar-refractivity contribution in [1.29, 1.82) is 0 Å². The minimum Gasteiger partial charge on any atom is -0.391 e. The first-order valence-corrected chi connectivity index (χ1v) is 12.2. The lowest BCUT2D eigenvalue weighted by Gasteiger charge is -2.32. The van der Waals surface area contributed by atoms with E-state index in [0.717, 1.165) is 29.4 Å². The summed E-state index contributed by atoms with van der Waals surface area (Å²) in [6.07, 6.45) is 7.04. The van der Waals surface area contributed by atoms with Crippen molar-refractivity contribution in [2.24, 2.45) is 0 Å². The first-order valence-electron chi connectivity index (χ1n) is 12.2. The molecule has 5 heterocycles. The van der Waals surface area contributed by atoms with E-state index in [-0.39, 0.29) is 24.1 Å². The molecule has 1 saturated heterocycles. The van der Waals surface area contributed by atoms with Crippen LogP contribution in [0.25, 0.3) is 27.9 Å². The molecule has 1 amide bonds. The number of aliphatic hydroxyl groups is 1. The number of fused-ring (bicyclic) bond motifs is 2. The van der Waals surface area contributed by atoms with Crippen LogP contribution in [0.5, 0.6) is 0 Å². The summed E-state index contributed by atoms with van der Waals surface area (Å²) in [5.74, 6) is 0.401. The van der Waals surface area contributed by atoms with Crippen LogP contribution < -0.4 is 10.6 Å². The standard InChI is InChI=1S/C25H29N7O4/c1-26-22-10-18(29-24-15(11-28-32(22)24)25(34)30-17-5-6-20(17)33)16-12-31(23-14(16)4-3-8-27-23)19-7-9-36-13-21(19)35-2/h3-4,8,10-12,17,19-21,26,33H,5-7,9,13H2,1-2H3,(H,30,34)/t17?,19-,20?,21-/m1/s1. The number of hydrogen-bond donors (Lipinski definition) is 3. The maximum absolute atomic E-state index is 13.0. The fraction of sp³-hybridized carbons (Fsp3) is 0.440. The van der Waals surface area contributed by atoms with Gasteiger partial charge in [0.05, 0.1) is 36.7 Å². The summed E-state index contributed by atoms with van der Waals surface area (Å²) < 4.78 is 15.1. The highest BCUT2D eigenvalue weighted by molar-refractivity contribution is 6.01. The zero-order chi connectivity index (χ0) is 24.8. The average molecular weight is 492 g/mol. The minimum atomic E-state index is -0.507. The van der Waals surface area contributed by atoms with Crippen molar-refractivity contribution in [2.45, 2.75) is 43.6 Å². The van der Waals surface area contributed by atoms with Gasteiger partial charge in [-0.3, -0.25) is 4.79 Å². The summed E-state index contributed by atoms with van der Waals surface area (Å²) in [4.78, 5) is 22.6. The molecule has 2 fully saturated rings. The number of nitrogens with one attached hydrogen (secondary N) is 2. The molecule has 36 heavy (non-hydrogen) atoms. The van der Waals surface area contributed by atoms with Gasteiger partial charge in [-0.25, -0.2) is 9.97 Å². The summed E-state index contributed by atoms with van der Waals surface area (Å²) in [6.45, 7) is 1.19. The molecular formula is C25H29N7O4. The molecule has 1 aliphatic heterocycles. The molecule has 4 aromatic heterocycles. The number of hydrogen-bond acceptors (Lipinski definition) is 8. The second kappa shape index (κ2) is 9.16. The molecule has 0 aromatic carbocycles. The van der Waals surface area contributed by atoms with Gasteiger partial charge in [0.1, 0.15) is 23.1 Å². The lowest BCUT2D eigenvalue weighted by atomic mass is 9.89. The molecule has 6 rings (SSSR count). The minimum absolute atomic E-state index is 0.0765. The van der Waals surface area contributed by atoms with E-state index in [1.54, 1.807) is 24.9 Å². The van der Waals surface area contributed by atoms with Gasteiger partial charge < -0.3 is 29.8 Å². The van der Waals surface area contributed by atoms with Crippen LogP contribution in [0.1, 0.15) is 35.7 Å². The smallest absolute Gasteiger partial charge is 0.257 e. The van der Waals surface area contributed by atoms with E-state index in [0.29, 0.717) is 42.4 Å². The van der Waals surface area contributed by atoms with Gasteiger partial charge in [-0.05, 0) is 31.4 Å². The highest BCUT2D eigenvalue weighted by atomic mass is 16.5. The highest BCUT2D eigenvalue weighted by Gasteiger charge is 2.32. The quantitative estimate of drug-likeness (QED) is 0.374. The fourth-order valence-electron chi connectivity index (χ4n) is 5.12. The normalized spacial score (nSPS) is 24.1. The molecule has 0 radical (unpaired) electrons. The van der Waals surface area contributed by atoms with Crippen molar-refractivity contribution in [3.8, 4) is 11.3 Å². The molecule has 4 atom stereocenters. The average Bonchev–Trinajstić information content (AvgIpc) is 3.52. The molecule has 0 bridgehead atoms. The number of carbonyl (C=O) groups is 1. The van der Waals surface area contributed by atoms with E-state index in [1.165, 1.54) is 6.20 Å². The van der Waals surface area contributed by atoms with Crippen LogP contribution >= 0.6 is 0 Å². The summed E-state index contributed by atoms with van der Waals surface area (Å²) in [7, 11) is 3.51. The molecule has 2 aliphatic rings. The Morgan fingerprint density at radius 3 is 2.92 bits per heavy atom. The number of pyridine rings is 1. The summed E-state index contributed by atoms with van der Waals surface area (Å²) in [5, 5.41) is 21.3. The third kappa shape index (κ3) is 3.71. The largest absolute Gasteiger partial charge is 0.391 e. The van der Waals surface area contributed by atoms with Crippen LogP contribution in [-0.4, -0.2) is 80.8 Å². The number of carbonyl (C=O) groups excluding carboxylic acids is 1. The molecule has 1 saturated carbocycles. The topological polar surface area (TPSA) is 128 Å². The van der Waals surface area contributed by atoms with Crippen LogP contribution in [-0.2, 0) is 9.47 Å². The Kier molecular flexibility index (Phi) is 5.82. The van der Waals surface area contributed by atoms with E-state index in [1.807, 2.05) is 18.2 Å². The van der Waals surface area contributed by atoms with Crippen LogP contribution in [0.4, 0.5) is 5.82 Å². The van der Waals surface area contributed by atoms with Crippen LogP contribution in [0.2, 0.25) is 0 Å². The van der Waals surface area contributed by atoms with Gasteiger partial charge >= 0.3 is 0 Å². The van der Waals surface area contributed by atoms with Crippen molar-refractivity contribution < 1.29 is 19.4 Å². The van der Waals surface area contributed by atoms with Crippen molar-refractivity contribution >= 4 is 28.4 Å². The SMILES string of the molecule is CNc1cc(-c2cn([C@@H]3CCOC[C@H]3OC)c3ncccc23)nc2c(C(=O)NC3CCC3O)cnn12. The van der Waals surface area contributed by atoms with E-state index in [9.17, 15) is 9.90 Å². The Bertz CT molecular complexity index is 1430. The third-order valence-corrected chi connectivity index (χ3v) is 7.32. The van der Waals surface area contributed by atoms with Crippen LogP contribution in [0, 0.1) is 0 Å². The Hall–Kier alpha value is -3.54. The van der Waals surface area contributed by atoms with Crippen LogP contribution in [0.3, 0.4) is 0 Å². The number of aromatic nitrogens is 5. The van der Waals surface area contributed by atoms with E-state index in [2.05, 4.69) is 31.5 Å². The molecule has 4 aromatic rings. The molecule has 3 N–H and O–H groups in total. The van der Waals surface area contributed by atoms with E-state index in [4.69, 9.17) is 14.5 Å². The van der Waals surface area contributed by atoms with Gasteiger partial charge in [0.15, 0.2) is 5.65 Å². The van der Waals surface area contributed by atoms with E-state index >= 15 is 0 Å². The highest BCUT2D eigenvalue weighted by Crippen LogP contribution is 2.35. The Morgan fingerprint density at radius 1 is 1.28 bits per heavy atom. The summed E-state index contributed by atoms with van der Waals surface area (Å²) >= 11 is 0. The molecule has 11 nitrogen and oxygen atoms in total. The van der Waals surface area contributed by atoms with Gasteiger partial charge in [-0.15, -0.1) is 0 Å². The van der Waals surface area contributed by atoms with Gasteiger partial charge in [0, 0.05) is 50.2 Å². The number of anilines is 1. The first-order chi connectivity index (χ1) is 17.6. The fourth-order valence-corrected chi connectivity index (χ4v) is 5.12. The molecule has 188 valence electrons. The van der Waals surface area contributed by atoms with Gasteiger partial charge in [0.25, 0.3) is 5.91 Å². The maximum Gasteiger partial charge on any atom is 0.257 e.